The molecule has 0 bridgehead atoms. The molecule has 0 saturated heterocycles. The fourth-order valence-corrected chi connectivity index (χ4v) is 2.90. The molecule has 1 aromatic heterocycles. The van der Waals surface area contributed by atoms with Crippen LogP contribution in [0.4, 0.5) is 5.82 Å². The zero-order valence-corrected chi connectivity index (χ0v) is 12.4. The molecule has 1 N–H and O–H groups in total. The molecule has 1 aromatic carbocycles. The molecule has 0 saturated carbocycles. The van der Waals surface area contributed by atoms with Crippen LogP contribution < -0.4 is 5.32 Å². The third-order valence-corrected chi connectivity index (χ3v) is 4.04. The average molecular weight is 310 g/mol. The molecule has 1 heterocycles. The van der Waals surface area contributed by atoms with Crippen LogP contribution in [0.25, 0.3) is 0 Å². The summed E-state index contributed by atoms with van der Waals surface area (Å²) in [5.41, 5.74) is 2.56. The van der Waals surface area contributed by atoms with E-state index in [4.69, 9.17) is 23.2 Å². The van der Waals surface area contributed by atoms with Crippen LogP contribution in [-0.4, -0.2) is 15.7 Å². The number of aromatic nitrogens is 2. The van der Waals surface area contributed by atoms with Crippen LogP contribution in [0.15, 0.2) is 18.2 Å². The van der Waals surface area contributed by atoms with Gasteiger partial charge in [0.25, 0.3) is 5.91 Å². The van der Waals surface area contributed by atoms with Gasteiger partial charge in [0.2, 0.25) is 0 Å². The number of nitrogens with one attached hydrogen (secondary N) is 1. The van der Waals surface area contributed by atoms with Gasteiger partial charge in [-0.05, 0) is 37.5 Å². The second-order valence-corrected chi connectivity index (χ2v) is 5.67. The largest absolute Gasteiger partial charge is 0.306 e. The number of fused-ring (bicyclic) bond motifs is 1. The maximum atomic E-state index is 12.3. The van der Waals surface area contributed by atoms with Crippen LogP contribution in [0.5, 0.6) is 0 Å². The number of carbonyl (C=O) groups excluding carboxylic acids is 1. The highest BCUT2D eigenvalue weighted by Crippen LogP contribution is 2.29. The lowest BCUT2D eigenvalue weighted by atomic mass is 10.2. The molecule has 0 spiro atoms. The van der Waals surface area contributed by atoms with Gasteiger partial charge < -0.3 is 5.32 Å². The highest BCUT2D eigenvalue weighted by atomic mass is 35.5. The number of aryl methyl sites for hydroxylation is 2. The highest BCUT2D eigenvalue weighted by molar-refractivity contribution is 6.36. The van der Waals surface area contributed by atoms with E-state index in [0.29, 0.717) is 15.6 Å². The lowest BCUT2D eigenvalue weighted by Gasteiger charge is -2.09. The lowest BCUT2D eigenvalue weighted by molar-refractivity contribution is 0.102. The molecule has 104 valence electrons. The molecule has 6 heteroatoms. The Kier molecular flexibility index (Phi) is 3.44. The third kappa shape index (κ3) is 2.30. The van der Waals surface area contributed by atoms with Gasteiger partial charge in [-0.25, -0.2) is 0 Å². The van der Waals surface area contributed by atoms with E-state index in [1.807, 2.05) is 7.05 Å². The highest BCUT2D eigenvalue weighted by Gasteiger charge is 2.23. The van der Waals surface area contributed by atoms with Crippen LogP contribution in [0.3, 0.4) is 0 Å². The number of rotatable bonds is 2. The fraction of sp³-hybridized carbons (Fsp3) is 0.286. The minimum Gasteiger partial charge on any atom is -0.306 e. The predicted octanol–water partition coefficient (Wildman–Crippen LogP) is 3.47. The molecule has 3 rings (SSSR count). The molecule has 1 aliphatic rings. The SMILES string of the molecule is Cn1nc2c(c1NC(=O)c1cc(Cl)ccc1Cl)CCC2. The second-order valence-electron chi connectivity index (χ2n) is 4.83. The third-order valence-electron chi connectivity index (χ3n) is 3.47. The Bertz CT molecular complexity index is 694. The zero-order valence-electron chi connectivity index (χ0n) is 10.9. The number of amides is 1. The summed E-state index contributed by atoms with van der Waals surface area (Å²) in [6.45, 7) is 0. The number of anilines is 1. The lowest BCUT2D eigenvalue weighted by Crippen LogP contribution is -2.16. The summed E-state index contributed by atoms with van der Waals surface area (Å²) in [5, 5.41) is 8.18. The van der Waals surface area contributed by atoms with Crippen molar-refractivity contribution in [2.45, 2.75) is 19.3 Å². The maximum absolute atomic E-state index is 12.3. The quantitative estimate of drug-likeness (QED) is 0.923. The Labute approximate surface area is 126 Å². The van der Waals surface area contributed by atoms with E-state index in [0.717, 1.165) is 36.3 Å². The summed E-state index contributed by atoms with van der Waals surface area (Å²) in [4.78, 5) is 12.3. The Hall–Kier alpha value is -1.52. The van der Waals surface area contributed by atoms with Crippen molar-refractivity contribution in [2.24, 2.45) is 7.05 Å². The zero-order chi connectivity index (χ0) is 14.3. The number of halogens is 2. The number of hydrogen-bond donors (Lipinski definition) is 1. The normalized spacial score (nSPS) is 13.3. The summed E-state index contributed by atoms with van der Waals surface area (Å²) in [7, 11) is 1.83. The molecule has 0 atom stereocenters. The van der Waals surface area contributed by atoms with Crippen molar-refractivity contribution in [3.05, 3.63) is 45.1 Å². The first-order valence-electron chi connectivity index (χ1n) is 6.37. The van der Waals surface area contributed by atoms with Crippen molar-refractivity contribution in [3.63, 3.8) is 0 Å². The topological polar surface area (TPSA) is 46.9 Å². The van der Waals surface area contributed by atoms with E-state index >= 15 is 0 Å². The van der Waals surface area contributed by atoms with Crippen LogP contribution >= 0.6 is 23.2 Å². The minimum absolute atomic E-state index is 0.268. The predicted molar refractivity (Wildman–Crippen MR) is 79.6 cm³/mol. The van der Waals surface area contributed by atoms with Gasteiger partial charge in [0.15, 0.2) is 0 Å². The first kappa shape index (κ1) is 13.5. The molecule has 1 aliphatic carbocycles. The molecule has 2 aromatic rings. The van der Waals surface area contributed by atoms with E-state index in [-0.39, 0.29) is 5.91 Å². The van der Waals surface area contributed by atoms with Crippen molar-refractivity contribution < 1.29 is 4.79 Å². The molecule has 0 unspecified atom stereocenters. The van der Waals surface area contributed by atoms with Gasteiger partial charge in [0.1, 0.15) is 5.82 Å². The van der Waals surface area contributed by atoms with Gasteiger partial charge in [-0.1, -0.05) is 23.2 Å². The van der Waals surface area contributed by atoms with E-state index in [2.05, 4.69) is 10.4 Å². The summed E-state index contributed by atoms with van der Waals surface area (Å²) in [5.74, 6) is 0.480. The number of benzene rings is 1. The van der Waals surface area contributed by atoms with Gasteiger partial charge in [-0.2, -0.15) is 5.10 Å². The first-order valence-corrected chi connectivity index (χ1v) is 7.13. The summed E-state index contributed by atoms with van der Waals surface area (Å²) in [6.07, 6.45) is 3.00. The van der Waals surface area contributed by atoms with E-state index in [1.54, 1.807) is 22.9 Å². The summed E-state index contributed by atoms with van der Waals surface area (Å²) >= 11 is 12.0. The molecule has 0 radical (unpaired) electrons. The smallest absolute Gasteiger partial charge is 0.258 e. The van der Waals surface area contributed by atoms with Gasteiger partial charge in [0.05, 0.1) is 16.3 Å². The summed E-state index contributed by atoms with van der Waals surface area (Å²) in [6, 6.07) is 4.84. The van der Waals surface area contributed by atoms with Crippen LogP contribution in [0.2, 0.25) is 10.0 Å². The Morgan fingerprint density at radius 3 is 2.95 bits per heavy atom. The second kappa shape index (κ2) is 5.11. The first-order chi connectivity index (χ1) is 9.56. The number of hydrogen-bond acceptors (Lipinski definition) is 2. The Balaban J connectivity index is 1.92. The van der Waals surface area contributed by atoms with Crippen molar-refractivity contribution in [2.75, 3.05) is 5.32 Å². The van der Waals surface area contributed by atoms with Gasteiger partial charge in [-0.15, -0.1) is 0 Å². The van der Waals surface area contributed by atoms with Crippen LogP contribution in [-0.2, 0) is 19.9 Å². The standard InChI is InChI=1S/C14H13Cl2N3O/c1-19-13(9-3-2-4-12(9)18-19)17-14(20)10-7-8(15)5-6-11(10)16/h5-7H,2-4H2,1H3,(H,17,20). The molecule has 0 aliphatic heterocycles. The molecular weight excluding hydrogens is 297 g/mol. The monoisotopic (exact) mass is 309 g/mol. The summed E-state index contributed by atoms with van der Waals surface area (Å²) < 4.78 is 1.71. The van der Waals surface area contributed by atoms with Crippen LogP contribution in [0, 0.1) is 0 Å². The van der Waals surface area contributed by atoms with Crippen molar-refractivity contribution in [3.8, 4) is 0 Å². The Morgan fingerprint density at radius 1 is 1.35 bits per heavy atom. The fourth-order valence-electron chi connectivity index (χ4n) is 2.52. The molecule has 20 heavy (non-hydrogen) atoms. The van der Waals surface area contributed by atoms with Crippen molar-refractivity contribution in [1.29, 1.82) is 0 Å². The molecule has 1 amide bonds. The van der Waals surface area contributed by atoms with Crippen molar-refractivity contribution in [1.82, 2.24) is 9.78 Å². The van der Waals surface area contributed by atoms with Gasteiger partial charge >= 0.3 is 0 Å². The molecule has 0 fully saturated rings. The van der Waals surface area contributed by atoms with E-state index in [1.165, 1.54) is 0 Å². The average Bonchev–Trinajstić information content (AvgIpc) is 2.96. The van der Waals surface area contributed by atoms with Gasteiger partial charge in [-0.3, -0.25) is 9.48 Å². The minimum atomic E-state index is -0.268. The molecule has 4 nitrogen and oxygen atoms in total. The number of carbonyl (C=O) groups is 1. The number of nitrogens with zero attached hydrogens (tertiary/aromatic N) is 2. The Morgan fingerprint density at radius 2 is 2.15 bits per heavy atom. The van der Waals surface area contributed by atoms with Gasteiger partial charge in [0, 0.05) is 17.6 Å². The van der Waals surface area contributed by atoms with E-state index in [9.17, 15) is 4.79 Å². The van der Waals surface area contributed by atoms with E-state index < -0.39 is 0 Å². The molecular formula is C14H13Cl2N3O. The maximum Gasteiger partial charge on any atom is 0.258 e. The van der Waals surface area contributed by atoms with Crippen molar-refractivity contribution >= 4 is 34.9 Å². The van der Waals surface area contributed by atoms with Crippen LogP contribution in [0.1, 0.15) is 28.0 Å².